The van der Waals surface area contributed by atoms with Gasteiger partial charge >= 0.3 is 5.97 Å². The Morgan fingerprint density at radius 1 is 1.23 bits per heavy atom. The molecule has 0 saturated carbocycles. The fourth-order valence-electron chi connectivity index (χ4n) is 2.67. The molecule has 1 aromatic carbocycles. The van der Waals surface area contributed by atoms with E-state index in [-0.39, 0.29) is 35.3 Å². The number of nitrogens with one attached hydrogen (secondary N) is 1. The molecule has 160 valence electrons. The third-order valence-corrected chi connectivity index (χ3v) is 4.34. The fraction of sp³-hybridized carbons (Fsp3) is 0.450. The molecule has 10 nitrogen and oxygen atoms in total. The van der Waals surface area contributed by atoms with Crippen LogP contribution in [0.5, 0.6) is 11.5 Å². The minimum Gasteiger partial charge on any atom is -0.493 e. The highest BCUT2D eigenvalue weighted by atomic mass is 16.5. The fourth-order valence-corrected chi connectivity index (χ4v) is 2.67. The van der Waals surface area contributed by atoms with Crippen LogP contribution in [-0.4, -0.2) is 74.9 Å². The summed E-state index contributed by atoms with van der Waals surface area (Å²) in [6.45, 7) is 2.52. The number of nitrogens with zero attached hydrogens (tertiary/aromatic N) is 2. The smallest absolute Gasteiger partial charge is 0.338 e. The summed E-state index contributed by atoms with van der Waals surface area (Å²) in [6, 6.07) is 5.94. The van der Waals surface area contributed by atoms with Crippen molar-refractivity contribution in [3.05, 3.63) is 23.8 Å². The second-order valence-electron chi connectivity index (χ2n) is 6.44. The first-order chi connectivity index (χ1) is 14.4. The molecule has 1 fully saturated rings. The number of ketones is 1. The third kappa shape index (κ3) is 6.02. The average Bonchev–Trinajstić information content (AvgIpc) is 2.76. The number of methoxy groups -OCH3 is 1. The van der Waals surface area contributed by atoms with Crippen molar-refractivity contribution in [2.24, 2.45) is 5.92 Å². The SMILES string of the molecule is COc1cc(C(=O)OCC(=O)C(C#N)C(C)=N)ccc1OCC(=O)N1CCOCC1. The molecule has 1 unspecified atom stereocenters. The van der Waals surface area contributed by atoms with Crippen LogP contribution in [0.4, 0.5) is 0 Å². The summed E-state index contributed by atoms with van der Waals surface area (Å²) in [7, 11) is 1.38. The van der Waals surface area contributed by atoms with Crippen molar-refractivity contribution in [2.75, 3.05) is 46.6 Å². The molecule has 1 aromatic rings. The van der Waals surface area contributed by atoms with Crippen LogP contribution in [0.1, 0.15) is 17.3 Å². The number of amides is 1. The van der Waals surface area contributed by atoms with Crippen molar-refractivity contribution in [3.63, 3.8) is 0 Å². The lowest BCUT2D eigenvalue weighted by molar-refractivity contribution is -0.137. The summed E-state index contributed by atoms with van der Waals surface area (Å²) in [5.41, 5.74) is -0.0139. The molecular formula is C20H23N3O7. The van der Waals surface area contributed by atoms with Crippen molar-refractivity contribution in [1.82, 2.24) is 4.90 Å². The number of morpholine rings is 1. The van der Waals surface area contributed by atoms with Crippen LogP contribution in [0.15, 0.2) is 18.2 Å². The molecule has 1 amide bonds. The molecule has 1 heterocycles. The Kier molecular flexibility index (Phi) is 8.31. The quantitative estimate of drug-likeness (QED) is 0.461. The minimum atomic E-state index is -1.24. The van der Waals surface area contributed by atoms with Crippen LogP contribution in [-0.2, 0) is 19.1 Å². The highest BCUT2D eigenvalue weighted by Gasteiger charge is 2.23. The molecule has 1 atom stereocenters. The normalized spacial score (nSPS) is 14.2. The summed E-state index contributed by atoms with van der Waals surface area (Å²) in [6.07, 6.45) is 0. The molecule has 1 aliphatic heterocycles. The molecule has 0 spiro atoms. The lowest BCUT2D eigenvalue weighted by Crippen LogP contribution is -2.43. The van der Waals surface area contributed by atoms with Gasteiger partial charge in [-0.2, -0.15) is 5.26 Å². The number of hydrogen-bond acceptors (Lipinski definition) is 9. The summed E-state index contributed by atoms with van der Waals surface area (Å²) < 4.78 is 20.9. The number of ether oxygens (including phenoxy) is 4. The lowest BCUT2D eigenvalue weighted by atomic mass is 10.0. The predicted molar refractivity (Wildman–Crippen MR) is 104 cm³/mol. The average molecular weight is 417 g/mol. The zero-order chi connectivity index (χ0) is 22.1. The number of hydrogen-bond donors (Lipinski definition) is 1. The summed E-state index contributed by atoms with van der Waals surface area (Å²) in [4.78, 5) is 37.9. The van der Waals surface area contributed by atoms with Gasteiger partial charge in [-0.05, 0) is 25.1 Å². The zero-order valence-corrected chi connectivity index (χ0v) is 16.8. The van der Waals surface area contributed by atoms with Gasteiger partial charge in [0.2, 0.25) is 0 Å². The molecule has 0 bridgehead atoms. The molecule has 0 radical (unpaired) electrons. The van der Waals surface area contributed by atoms with E-state index in [4.69, 9.17) is 29.6 Å². The van der Waals surface area contributed by atoms with Gasteiger partial charge in [0.1, 0.15) is 5.92 Å². The van der Waals surface area contributed by atoms with Crippen LogP contribution >= 0.6 is 0 Å². The van der Waals surface area contributed by atoms with Gasteiger partial charge in [-0.15, -0.1) is 0 Å². The largest absolute Gasteiger partial charge is 0.493 e. The maximum Gasteiger partial charge on any atom is 0.338 e. The molecule has 10 heteroatoms. The molecule has 30 heavy (non-hydrogen) atoms. The number of Topliss-reactive ketones (excluding diaryl/α,β-unsaturated/α-hetero) is 1. The van der Waals surface area contributed by atoms with Crippen LogP contribution in [0.25, 0.3) is 0 Å². The van der Waals surface area contributed by atoms with E-state index in [9.17, 15) is 14.4 Å². The first kappa shape index (κ1) is 22.8. The van der Waals surface area contributed by atoms with Gasteiger partial charge in [-0.25, -0.2) is 4.79 Å². The Bertz CT molecular complexity index is 856. The van der Waals surface area contributed by atoms with E-state index < -0.39 is 24.3 Å². The van der Waals surface area contributed by atoms with Gasteiger partial charge in [0.05, 0.1) is 32.0 Å². The zero-order valence-electron chi connectivity index (χ0n) is 16.8. The maximum absolute atomic E-state index is 12.2. The number of carbonyl (C=O) groups excluding carboxylic acids is 3. The topological polar surface area (TPSA) is 139 Å². The van der Waals surface area contributed by atoms with E-state index in [1.54, 1.807) is 11.0 Å². The van der Waals surface area contributed by atoms with E-state index in [2.05, 4.69) is 0 Å². The number of benzene rings is 1. The standard InChI is InChI=1S/C20H23N3O7/c1-13(22)15(10-21)16(24)11-30-20(26)14-3-4-17(18(9-14)27-2)29-12-19(25)23-5-7-28-8-6-23/h3-4,9,15,22H,5-8,11-12H2,1-2H3. The third-order valence-electron chi connectivity index (χ3n) is 4.34. The first-order valence-corrected chi connectivity index (χ1v) is 9.18. The van der Waals surface area contributed by atoms with Gasteiger partial charge in [0, 0.05) is 18.8 Å². The minimum absolute atomic E-state index is 0.103. The highest BCUT2D eigenvalue weighted by molar-refractivity contribution is 6.06. The molecular weight excluding hydrogens is 394 g/mol. The van der Waals surface area contributed by atoms with Crippen LogP contribution in [0.2, 0.25) is 0 Å². The monoisotopic (exact) mass is 417 g/mol. The molecule has 1 aliphatic rings. The van der Waals surface area contributed by atoms with Gasteiger partial charge in [0.25, 0.3) is 5.91 Å². The number of carbonyl (C=O) groups is 3. The maximum atomic E-state index is 12.2. The van der Waals surface area contributed by atoms with Crippen LogP contribution in [0, 0.1) is 22.7 Å². The van der Waals surface area contributed by atoms with Crippen molar-refractivity contribution >= 4 is 23.4 Å². The van der Waals surface area contributed by atoms with Crippen molar-refractivity contribution in [3.8, 4) is 17.6 Å². The van der Waals surface area contributed by atoms with Gasteiger partial charge in [-0.1, -0.05) is 0 Å². The molecule has 1 N–H and O–H groups in total. The second kappa shape index (κ2) is 10.9. The first-order valence-electron chi connectivity index (χ1n) is 9.18. The molecule has 0 aliphatic carbocycles. The number of rotatable bonds is 9. The Labute approximate surface area is 173 Å². The van der Waals surface area contributed by atoms with Gasteiger partial charge in [0.15, 0.2) is 30.5 Å². The Hall–Kier alpha value is -3.45. The molecule has 1 saturated heterocycles. The lowest BCUT2D eigenvalue weighted by Gasteiger charge is -2.26. The van der Waals surface area contributed by atoms with Crippen molar-refractivity contribution < 1.29 is 33.3 Å². The number of esters is 1. The van der Waals surface area contributed by atoms with Gasteiger partial charge in [-0.3, -0.25) is 9.59 Å². The highest BCUT2D eigenvalue weighted by Crippen LogP contribution is 2.28. The van der Waals surface area contributed by atoms with E-state index in [1.165, 1.54) is 32.2 Å². The van der Waals surface area contributed by atoms with E-state index in [0.717, 1.165) is 0 Å². The van der Waals surface area contributed by atoms with E-state index in [1.807, 2.05) is 0 Å². The Morgan fingerprint density at radius 3 is 2.53 bits per heavy atom. The van der Waals surface area contributed by atoms with Gasteiger partial charge < -0.3 is 29.3 Å². The Balaban J connectivity index is 1.96. The summed E-state index contributed by atoms with van der Waals surface area (Å²) in [5, 5.41) is 16.3. The van der Waals surface area contributed by atoms with Crippen molar-refractivity contribution in [1.29, 1.82) is 10.7 Å². The summed E-state index contributed by atoms with van der Waals surface area (Å²) >= 11 is 0. The van der Waals surface area contributed by atoms with Crippen molar-refractivity contribution in [2.45, 2.75) is 6.92 Å². The Morgan fingerprint density at radius 2 is 1.93 bits per heavy atom. The second-order valence-corrected chi connectivity index (χ2v) is 6.44. The molecule has 2 rings (SSSR count). The predicted octanol–water partition coefficient (Wildman–Crippen LogP) is 0.838. The summed E-state index contributed by atoms with van der Waals surface area (Å²) in [5.74, 6) is -2.40. The van der Waals surface area contributed by atoms with E-state index in [0.29, 0.717) is 26.3 Å². The van der Waals surface area contributed by atoms with Crippen LogP contribution < -0.4 is 9.47 Å². The number of nitriles is 1. The molecule has 0 aromatic heterocycles. The van der Waals surface area contributed by atoms with Crippen LogP contribution in [0.3, 0.4) is 0 Å². The van der Waals surface area contributed by atoms with E-state index >= 15 is 0 Å².